The molecule has 150 valence electrons. The molecule has 0 saturated carbocycles. The van der Waals surface area contributed by atoms with Gasteiger partial charge in [-0.2, -0.15) is 5.10 Å². The standard InChI is InChI=1S/C21H25N7O/c1-3-17-12-19(26-20(25-17)15-4-8-22-9-5-15)28-10-6-18(7-11-28)27(2)21(29)16-13-23-24-14-16/h4-5,8-9,12-14,18H,3,6-7,10-11H2,1-2H3,(H,23,24). The molecule has 4 rings (SSSR count). The molecule has 1 amide bonds. The second-order valence-corrected chi connectivity index (χ2v) is 7.25. The number of amides is 1. The molecule has 4 heterocycles. The lowest BCUT2D eigenvalue weighted by atomic mass is 10.0. The molecule has 0 radical (unpaired) electrons. The number of aromatic amines is 1. The molecular weight excluding hydrogens is 366 g/mol. The predicted molar refractivity (Wildman–Crippen MR) is 111 cm³/mol. The molecule has 29 heavy (non-hydrogen) atoms. The van der Waals surface area contributed by atoms with Crippen molar-refractivity contribution in [2.45, 2.75) is 32.2 Å². The number of aryl methyl sites for hydroxylation is 1. The number of rotatable bonds is 5. The van der Waals surface area contributed by atoms with Gasteiger partial charge in [0.2, 0.25) is 0 Å². The predicted octanol–water partition coefficient (Wildman–Crippen LogP) is 2.57. The molecule has 0 aliphatic carbocycles. The minimum atomic E-state index is 0.00692. The molecule has 3 aromatic heterocycles. The van der Waals surface area contributed by atoms with Crippen LogP contribution in [0.15, 0.2) is 43.0 Å². The quantitative estimate of drug-likeness (QED) is 0.719. The van der Waals surface area contributed by atoms with Crippen LogP contribution in [0.25, 0.3) is 11.4 Å². The Kier molecular flexibility index (Phi) is 5.50. The van der Waals surface area contributed by atoms with Crippen molar-refractivity contribution in [1.82, 2.24) is 30.0 Å². The van der Waals surface area contributed by atoms with Crippen LogP contribution in [0.5, 0.6) is 0 Å². The monoisotopic (exact) mass is 391 g/mol. The Hall–Kier alpha value is -3.29. The summed E-state index contributed by atoms with van der Waals surface area (Å²) in [5.74, 6) is 1.69. The van der Waals surface area contributed by atoms with Gasteiger partial charge in [-0.15, -0.1) is 0 Å². The fourth-order valence-electron chi connectivity index (χ4n) is 3.68. The fraction of sp³-hybridized carbons (Fsp3) is 0.381. The normalized spacial score (nSPS) is 14.8. The van der Waals surface area contributed by atoms with Crippen LogP contribution in [0, 0.1) is 0 Å². The molecule has 1 N–H and O–H groups in total. The number of carbonyl (C=O) groups excluding carboxylic acids is 1. The second kappa shape index (κ2) is 8.38. The van der Waals surface area contributed by atoms with Gasteiger partial charge in [0.1, 0.15) is 5.82 Å². The van der Waals surface area contributed by atoms with E-state index in [0.29, 0.717) is 5.56 Å². The van der Waals surface area contributed by atoms with E-state index < -0.39 is 0 Å². The number of carbonyl (C=O) groups is 1. The van der Waals surface area contributed by atoms with Gasteiger partial charge in [0, 0.05) is 62.1 Å². The van der Waals surface area contributed by atoms with E-state index in [9.17, 15) is 4.79 Å². The van der Waals surface area contributed by atoms with Gasteiger partial charge in [-0.1, -0.05) is 6.92 Å². The Bertz CT molecular complexity index is 950. The molecule has 1 aliphatic heterocycles. The van der Waals surface area contributed by atoms with Gasteiger partial charge >= 0.3 is 0 Å². The highest BCUT2D eigenvalue weighted by molar-refractivity contribution is 5.93. The SMILES string of the molecule is CCc1cc(N2CCC(N(C)C(=O)c3cn[nH]c3)CC2)nc(-c2ccncc2)n1. The molecule has 0 bridgehead atoms. The Labute approximate surface area is 170 Å². The van der Waals surface area contributed by atoms with Crippen LogP contribution in [0.1, 0.15) is 35.8 Å². The van der Waals surface area contributed by atoms with Crippen molar-refractivity contribution in [2.24, 2.45) is 0 Å². The number of nitrogens with one attached hydrogen (secondary N) is 1. The van der Waals surface area contributed by atoms with Crippen LogP contribution in [-0.2, 0) is 6.42 Å². The molecule has 0 atom stereocenters. The number of anilines is 1. The van der Waals surface area contributed by atoms with Crippen molar-refractivity contribution in [3.63, 3.8) is 0 Å². The highest BCUT2D eigenvalue weighted by Crippen LogP contribution is 2.25. The fourth-order valence-corrected chi connectivity index (χ4v) is 3.68. The van der Waals surface area contributed by atoms with Crippen LogP contribution in [0.4, 0.5) is 5.82 Å². The zero-order valence-corrected chi connectivity index (χ0v) is 16.7. The van der Waals surface area contributed by atoms with E-state index in [4.69, 9.17) is 4.98 Å². The van der Waals surface area contributed by atoms with Gasteiger partial charge in [0.25, 0.3) is 5.91 Å². The van der Waals surface area contributed by atoms with Crippen molar-refractivity contribution in [2.75, 3.05) is 25.0 Å². The molecule has 0 aromatic carbocycles. The van der Waals surface area contributed by atoms with E-state index in [1.165, 1.54) is 0 Å². The van der Waals surface area contributed by atoms with Crippen LogP contribution in [0.2, 0.25) is 0 Å². The van der Waals surface area contributed by atoms with Gasteiger partial charge < -0.3 is 9.80 Å². The molecule has 3 aromatic rings. The zero-order valence-electron chi connectivity index (χ0n) is 16.7. The highest BCUT2D eigenvalue weighted by atomic mass is 16.2. The zero-order chi connectivity index (χ0) is 20.2. The van der Waals surface area contributed by atoms with Gasteiger partial charge in [0.05, 0.1) is 11.8 Å². The third-order valence-electron chi connectivity index (χ3n) is 5.47. The van der Waals surface area contributed by atoms with Crippen LogP contribution < -0.4 is 4.90 Å². The average Bonchev–Trinajstić information content (AvgIpc) is 3.33. The Balaban J connectivity index is 1.47. The Morgan fingerprint density at radius 1 is 1.24 bits per heavy atom. The van der Waals surface area contributed by atoms with Crippen molar-refractivity contribution in [3.05, 3.63) is 54.2 Å². The summed E-state index contributed by atoms with van der Waals surface area (Å²) in [6, 6.07) is 6.15. The van der Waals surface area contributed by atoms with E-state index >= 15 is 0 Å². The number of hydrogen-bond acceptors (Lipinski definition) is 6. The smallest absolute Gasteiger partial charge is 0.257 e. The molecule has 8 heteroatoms. The van der Waals surface area contributed by atoms with Crippen molar-refractivity contribution in [1.29, 1.82) is 0 Å². The van der Waals surface area contributed by atoms with Crippen LogP contribution >= 0.6 is 0 Å². The summed E-state index contributed by atoms with van der Waals surface area (Å²) in [4.78, 5) is 30.3. The Morgan fingerprint density at radius 3 is 2.66 bits per heavy atom. The third-order valence-corrected chi connectivity index (χ3v) is 5.47. The van der Waals surface area contributed by atoms with Gasteiger partial charge in [-0.05, 0) is 31.4 Å². The van der Waals surface area contributed by atoms with Crippen molar-refractivity contribution < 1.29 is 4.79 Å². The first-order chi connectivity index (χ1) is 14.2. The number of H-pyrrole nitrogens is 1. The van der Waals surface area contributed by atoms with Gasteiger partial charge in [-0.3, -0.25) is 14.9 Å². The number of pyridine rings is 1. The first kappa shape index (κ1) is 19.0. The van der Waals surface area contributed by atoms with Gasteiger partial charge in [0.15, 0.2) is 5.82 Å². The molecule has 0 unspecified atom stereocenters. The van der Waals surface area contributed by atoms with Crippen LogP contribution in [0.3, 0.4) is 0 Å². The van der Waals surface area contributed by atoms with Gasteiger partial charge in [-0.25, -0.2) is 9.97 Å². The number of aromatic nitrogens is 5. The highest BCUT2D eigenvalue weighted by Gasteiger charge is 2.27. The molecular formula is C21H25N7O. The maximum absolute atomic E-state index is 12.6. The van der Waals surface area contributed by atoms with E-state index in [0.717, 1.165) is 55.3 Å². The Morgan fingerprint density at radius 2 is 2.00 bits per heavy atom. The summed E-state index contributed by atoms with van der Waals surface area (Å²) < 4.78 is 0. The minimum absolute atomic E-state index is 0.00692. The summed E-state index contributed by atoms with van der Waals surface area (Å²) >= 11 is 0. The summed E-state index contributed by atoms with van der Waals surface area (Å²) in [6.07, 6.45) is 9.38. The van der Waals surface area contributed by atoms with Crippen LogP contribution in [-0.4, -0.2) is 62.1 Å². The first-order valence-electron chi connectivity index (χ1n) is 9.95. The lowest BCUT2D eigenvalue weighted by molar-refractivity contribution is 0.0709. The molecule has 8 nitrogen and oxygen atoms in total. The largest absolute Gasteiger partial charge is 0.356 e. The second-order valence-electron chi connectivity index (χ2n) is 7.25. The topological polar surface area (TPSA) is 90.9 Å². The summed E-state index contributed by atoms with van der Waals surface area (Å²) in [6.45, 7) is 3.80. The summed E-state index contributed by atoms with van der Waals surface area (Å²) in [7, 11) is 1.87. The summed E-state index contributed by atoms with van der Waals surface area (Å²) in [5, 5.41) is 6.58. The lowest BCUT2D eigenvalue weighted by Gasteiger charge is -2.37. The van der Waals surface area contributed by atoms with E-state index in [2.05, 4.69) is 38.1 Å². The number of piperidine rings is 1. The molecule has 1 saturated heterocycles. The number of nitrogens with zero attached hydrogens (tertiary/aromatic N) is 6. The average molecular weight is 391 g/mol. The van der Waals surface area contributed by atoms with E-state index in [-0.39, 0.29) is 11.9 Å². The first-order valence-corrected chi connectivity index (χ1v) is 9.95. The maximum atomic E-state index is 12.6. The van der Waals surface area contributed by atoms with E-state index in [1.54, 1.807) is 24.8 Å². The molecule has 1 aliphatic rings. The molecule has 1 fully saturated rings. The maximum Gasteiger partial charge on any atom is 0.257 e. The summed E-state index contributed by atoms with van der Waals surface area (Å²) in [5.41, 5.74) is 2.59. The van der Waals surface area contributed by atoms with Crippen molar-refractivity contribution >= 4 is 11.7 Å². The third kappa shape index (κ3) is 4.11. The van der Waals surface area contributed by atoms with Crippen molar-refractivity contribution in [3.8, 4) is 11.4 Å². The lowest BCUT2D eigenvalue weighted by Crippen LogP contribution is -2.45. The van der Waals surface area contributed by atoms with E-state index in [1.807, 2.05) is 24.1 Å². The molecule has 0 spiro atoms. The number of hydrogen-bond donors (Lipinski definition) is 1. The minimum Gasteiger partial charge on any atom is -0.356 e.